The molecule has 98 valence electrons. The monoisotopic (exact) mass is 248 g/mol. The van der Waals surface area contributed by atoms with E-state index >= 15 is 0 Å². The van der Waals surface area contributed by atoms with Crippen LogP contribution in [0.1, 0.15) is 30.4 Å². The highest BCUT2D eigenvalue weighted by Gasteiger charge is 2.35. The van der Waals surface area contributed by atoms with E-state index < -0.39 is 0 Å². The smallest absolute Gasteiger partial charge is 0.127 e. The Labute approximate surface area is 108 Å². The van der Waals surface area contributed by atoms with Crippen LogP contribution in [0, 0.1) is 17.7 Å². The first-order valence-corrected chi connectivity index (χ1v) is 6.96. The molecule has 2 unspecified atom stereocenters. The van der Waals surface area contributed by atoms with Crippen molar-refractivity contribution in [3.05, 3.63) is 35.1 Å². The molecule has 18 heavy (non-hydrogen) atoms. The van der Waals surface area contributed by atoms with Crippen LogP contribution in [-0.4, -0.2) is 18.0 Å². The summed E-state index contributed by atoms with van der Waals surface area (Å²) in [4.78, 5) is 2.52. The van der Waals surface area contributed by atoms with E-state index in [0.29, 0.717) is 5.56 Å². The Kier molecular flexibility index (Phi) is 3.35. The van der Waals surface area contributed by atoms with Crippen molar-refractivity contribution >= 4 is 0 Å². The number of hydrogen-bond acceptors (Lipinski definition) is 2. The molecule has 2 atom stereocenters. The lowest BCUT2D eigenvalue weighted by molar-refractivity contribution is 0.303. The van der Waals surface area contributed by atoms with Crippen molar-refractivity contribution in [2.75, 3.05) is 13.1 Å². The molecule has 3 rings (SSSR count). The Balaban J connectivity index is 1.66. The van der Waals surface area contributed by atoms with Crippen molar-refractivity contribution in [2.45, 2.75) is 32.4 Å². The van der Waals surface area contributed by atoms with Gasteiger partial charge in [-0.3, -0.25) is 4.90 Å². The van der Waals surface area contributed by atoms with E-state index in [9.17, 15) is 4.39 Å². The molecule has 1 saturated carbocycles. The molecule has 1 aromatic carbocycles. The lowest BCUT2D eigenvalue weighted by atomic mass is 10.0. The standard InChI is InChI=1S/C15H21FN2/c16-15-5-4-11(6-14(15)7-17)8-18-9-12-2-1-3-13(12)10-18/h4-6,12-13H,1-3,7-10,17H2. The lowest BCUT2D eigenvalue weighted by Crippen LogP contribution is -2.21. The molecule has 2 N–H and O–H groups in total. The van der Waals surface area contributed by atoms with Crippen LogP contribution < -0.4 is 5.73 Å². The summed E-state index contributed by atoms with van der Waals surface area (Å²) in [6.07, 6.45) is 4.22. The van der Waals surface area contributed by atoms with Gasteiger partial charge >= 0.3 is 0 Å². The quantitative estimate of drug-likeness (QED) is 0.890. The van der Waals surface area contributed by atoms with Gasteiger partial charge in [0.1, 0.15) is 5.82 Å². The van der Waals surface area contributed by atoms with Crippen LogP contribution in [0.3, 0.4) is 0 Å². The van der Waals surface area contributed by atoms with Crippen LogP contribution in [0.15, 0.2) is 18.2 Å². The van der Waals surface area contributed by atoms with Crippen LogP contribution in [-0.2, 0) is 13.1 Å². The van der Waals surface area contributed by atoms with E-state index in [2.05, 4.69) is 4.90 Å². The second-order valence-corrected chi connectivity index (χ2v) is 5.78. The number of nitrogens with two attached hydrogens (primary N) is 1. The van der Waals surface area contributed by atoms with E-state index in [0.717, 1.165) is 18.4 Å². The molecule has 0 aromatic heterocycles. The summed E-state index contributed by atoms with van der Waals surface area (Å²) >= 11 is 0. The van der Waals surface area contributed by atoms with Gasteiger partial charge in [-0.25, -0.2) is 4.39 Å². The molecule has 0 radical (unpaired) electrons. The summed E-state index contributed by atoms with van der Waals surface area (Å²) in [6, 6.07) is 5.36. The zero-order valence-corrected chi connectivity index (χ0v) is 10.7. The summed E-state index contributed by atoms with van der Waals surface area (Å²) in [5, 5.41) is 0. The third-order valence-electron chi connectivity index (χ3n) is 4.54. The minimum absolute atomic E-state index is 0.181. The van der Waals surface area contributed by atoms with Crippen molar-refractivity contribution in [3.8, 4) is 0 Å². The first kappa shape index (κ1) is 12.1. The average molecular weight is 248 g/mol. The summed E-state index contributed by atoms with van der Waals surface area (Å²) in [6.45, 7) is 3.67. The Morgan fingerprint density at radius 1 is 1.22 bits per heavy atom. The fraction of sp³-hybridized carbons (Fsp3) is 0.600. The Bertz CT molecular complexity index is 421. The first-order chi connectivity index (χ1) is 8.76. The molecule has 1 aromatic rings. The van der Waals surface area contributed by atoms with Gasteiger partial charge in [-0.1, -0.05) is 18.6 Å². The molecule has 1 saturated heterocycles. The number of nitrogens with zero attached hydrogens (tertiary/aromatic N) is 1. The summed E-state index contributed by atoms with van der Waals surface area (Å²) < 4.78 is 13.4. The summed E-state index contributed by atoms with van der Waals surface area (Å²) in [5.41, 5.74) is 7.37. The fourth-order valence-corrected chi connectivity index (χ4v) is 3.60. The second kappa shape index (κ2) is 4.98. The van der Waals surface area contributed by atoms with Crippen LogP contribution in [0.5, 0.6) is 0 Å². The average Bonchev–Trinajstić information content (AvgIpc) is 2.92. The van der Waals surface area contributed by atoms with Crippen LogP contribution in [0.4, 0.5) is 4.39 Å². The number of rotatable bonds is 3. The molecular weight excluding hydrogens is 227 g/mol. The van der Waals surface area contributed by atoms with Crippen molar-refractivity contribution in [3.63, 3.8) is 0 Å². The molecule has 1 heterocycles. The molecule has 2 fully saturated rings. The van der Waals surface area contributed by atoms with Crippen molar-refractivity contribution in [2.24, 2.45) is 17.6 Å². The predicted octanol–water partition coefficient (Wildman–Crippen LogP) is 2.52. The van der Waals surface area contributed by atoms with Gasteiger partial charge in [0.2, 0.25) is 0 Å². The van der Waals surface area contributed by atoms with E-state index in [-0.39, 0.29) is 12.4 Å². The van der Waals surface area contributed by atoms with Gasteiger partial charge in [0.25, 0.3) is 0 Å². The van der Waals surface area contributed by atoms with Gasteiger partial charge in [-0.2, -0.15) is 0 Å². The largest absolute Gasteiger partial charge is 0.326 e. The van der Waals surface area contributed by atoms with Crippen LogP contribution in [0.2, 0.25) is 0 Å². The summed E-state index contributed by atoms with van der Waals surface area (Å²) in [5.74, 6) is 1.65. The Hall–Kier alpha value is -0.930. The number of hydrogen-bond donors (Lipinski definition) is 1. The van der Waals surface area contributed by atoms with Crippen LogP contribution in [0.25, 0.3) is 0 Å². The number of benzene rings is 1. The third-order valence-corrected chi connectivity index (χ3v) is 4.54. The number of likely N-dealkylation sites (tertiary alicyclic amines) is 1. The molecule has 3 heteroatoms. The van der Waals surface area contributed by atoms with Gasteiger partial charge < -0.3 is 5.73 Å². The lowest BCUT2D eigenvalue weighted by Gasteiger charge is -2.17. The molecule has 1 aliphatic carbocycles. The third kappa shape index (κ3) is 2.29. The van der Waals surface area contributed by atoms with E-state index in [1.807, 2.05) is 12.1 Å². The molecule has 0 amide bonds. The van der Waals surface area contributed by atoms with E-state index in [1.165, 1.54) is 37.9 Å². The zero-order chi connectivity index (χ0) is 12.5. The highest BCUT2D eigenvalue weighted by molar-refractivity contribution is 5.25. The normalized spacial score (nSPS) is 27.7. The molecule has 2 aliphatic rings. The molecule has 2 nitrogen and oxygen atoms in total. The summed E-state index contributed by atoms with van der Waals surface area (Å²) in [7, 11) is 0. The van der Waals surface area contributed by atoms with E-state index in [1.54, 1.807) is 6.07 Å². The Morgan fingerprint density at radius 3 is 2.61 bits per heavy atom. The van der Waals surface area contributed by atoms with Gasteiger partial charge in [0.15, 0.2) is 0 Å². The first-order valence-electron chi connectivity index (χ1n) is 6.96. The fourth-order valence-electron chi connectivity index (χ4n) is 3.60. The molecule has 0 bridgehead atoms. The second-order valence-electron chi connectivity index (χ2n) is 5.78. The van der Waals surface area contributed by atoms with Crippen molar-refractivity contribution in [1.82, 2.24) is 4.90 Å². The maximum atomic E-state index is 13.4. The van der Waals surface area contributed by atoms with Crippen molar-refractivity contribution in [1.29, 1.82) is 0 Å². The van der Waals surface area contributed by atoms with Gasteiger partial charge in [-0.15, -0.1) is 0 Å². The van der Waals surface area contributed by atoms with Crippen molar-refractivity contribution < 1.29 is 4.39 Å². The van der Waals surface area contributed by atoms with Gasteiger partial charge in [-0.05, 0) is 36.3 Å². The minimum atomic E-state index is -0.181. The molecule has 0 spiro atoms. The highest BCUT2D eigenvalue weighted by atomic mass is 19.1. The molecular formula is C15H21FN2. The van der Waals surface area contributed by atoms with E-state index in [4.69, 9.17) is 5.73 Å². The highest BCUT2D eigenvalue weighted by Crippen LogP contribution is 2.38. The predicted molar refractivity (Wildman–Crippen MR) is 70.4 cm³/mol. The van der Waals surface area contributed by atoms with Gasteiger partial charge in [0.05, 0.1) is 0 Å². The van der Waals surface area contributed by atoms with Crippen LogP contribution >= 0.6 is 0 Å². The minimum Gasteiger partial charge on any atom is -0.326 e. The number of fused-ring (bicyclic) bond motifs is 1. The zero-order valence-electron chi connectivity index (χ0n) is 10.7. The Morgan fingerprint density at radius 2 is 1.94 bits per heavy atom. The van der Waals surface area contributed by atoms with Gasteiger partial charge in [0, 0.05) is 31.7 Å². The maximum absolute atomic E-state index is 13.4. The number of halogens is 1. The maximum Gasteiger partial charge on any atom is 0.127 e. The topological polar surface area (TPSA) is 29.3 Å². The SMILES string of the molecule is NCc1cc(CN2CC3CCCC3C2)ccc1F. The molecule has 1 aliphatic heterocycles.